The van der Waals surface area contributed by atoms with Crippen molar-refractivity contribution in [2.45, 2.75) is 28.8 Å². The number of hydrogen-bond donors (Lipinski definition) is 1. The first-order chi connectivity index (χ1) is 16.0. The molecule has 1 unspecified atom stereocenters. The highest BCUT2D eigenvalue weighted by Crippen LogP contribution is 2.31. The van der Waals surface area contributed by atoms with Gasteiger partial charge in [0.05, 0.1) is 34.7 Å². The maximum atomic E-state index is 13.5. The number of benzene rings is 2. The van der Waals surface area contributed by atoms with E-state index in [2.05, 4.69) is 0 Å². The van der Waals surface area contributed by atoms with Gasteiger partial charge in [0.1, 0.15) is 11.8 Å². The molecule has 13 heteroatoms. The minimum Gasteiger partial charge on any atom is -0.468 e. The highest BCUT2D eigenvalue weighted by Gasteiger charge is 2.47. The van der Waals surface area contributed by atoms with Crippen molar-refractivity contribution in [3.8, 4) is 0 Å². The van der Waals surface area contributed by atoms with E-state index in [0.717, 1.165) is 21.3 Å². The number of imide groups is 1. The van der Waals surface area contributed by atoms with Crippen molar-refractivity contribution in [3.05, 3.63) is 77.7 Å². The summed E-state index contributed by atoms with van der Waals surface area (Å²) in [5, 5.41) is 5.42. The topological polar surface area (TPSA) is 148 Å². The number of hydrogen-bond acceptors (Lipinski definition) is 7. The van der Waals surface area contributed by atoms with Crippen LogP contribution in [0, 0.1) is 0 Å². The van der Waals surface area contributed by atoms with Crippen molar-refractivity contribution < 1.29 is 30.8 Å². The summed E-state index contributed by atoms with van der Waals surface area (Å²) in [6.07, 6.45) is 0.951. The number of carbonyl (C=O) groups excluding carboxylic acids is 2. The first-order valence-corrected chi connectivity index (χ1v) is 13.1. The van der Waals surface area contributed by atoms with Crippen LogP contribution in [0.15, 0.2) is 81.1 Å². The number of furan rings is 1. The highest BCUT2D eigenvalue weighted by atomic mass is 35.5. The van der Waals surface area contributed by atoms with Crippen LogP contribution in [0.25, 0.3) is 0 Å². The van der Waals surface area contributed by atoms with Crippen molar-refractivity contribution in [3.63, 3.8) is 0 Å². The monoisotopic (exact) mass is 523 g/mol. The predicted octanol–water partition coefficient (Wildman–Crippen LogP) is 2.10. The fourth-order valence-electron chi connectivity index (χ4n) is 3.56. The molecule has 1 saturated heterocycles. The zero-order chi connectivity index (χ0) is 24.7. The predicted molar refractivity (Wildman–Crippen MR) is 122 cm³/mol. The number of nitrogens with zero attached hydrogens (tertiary/aromatic N) is 2. The second-order valence-corrected chi connectivity index (χ2v) is 11.3. The van der Waals surface area contributed by atoms with Crippen LogP contribution in [0.1, 0.15) is 12.2 Å². The van der Waals surface area contributed by atoms with E-state index >= 15 is 0 Å². The molecule has 1 fully saturated rings. The van der Waals surface area contributed by atoms with Gasteiger partial charge in [-0.2, -0.15) is 4.31 Å². The first-order valence-electron chi connectivity index (χ1n) is 9.78. The molecule has 1 aliphatic rings. The van der Waals surface area contributed by atoms with Gasteiger partial charge in [-0.25, -0.2) is 26.9 Å². The Balaban J connectivity index is 1.71. The zero-order valence-corrected chi connectivity index (χ0v) is 19.8. The molecule has 178 valence electrons. The average molecular weight is 524 g/mol. The summed E-state index contributed by atoms with van der Waals surface area (Å²) in [6.45, 7) is -0.292. The Morgan fingerprint density at radius 2 is 1.59 bits per heavy atom. The maximum absolute atomic E-state index is 13.5. The fourth-order valence-corrected chi connectivity index (χ4v) is 5.75. The third kappa shape index (κ3) is 4.63. The molecule has 2 aromatic carbocycles. The minimum absolute atomic E-state index is 0.0896. The van der Waals surface area contributed by atoms with Crippen LogP contribution in [0.3, 0.4) is 0 Å². The molecule has 10 nitrogen and oxygen atoms in total. The van der Waals surface area contributed by atoms with Crippen LogP contribution in [-0.2, 0) is 36.2 Å². The molecule has 2 amide bonds. The number of amides is 2. The minimum atomic E-state index is -4.25. The lowest BCUT2D eigenvalue weighted by Crippen LogP contribution is -2.45. The molecule has 34 heavy (non-hydrogen) atoms. The Hall–Kier alpha value is -3.03. The number of sulfonamides is 2. The van der Waals surface area contributed by atoms with Gasteiger partial charge in [0.25, 0.3) is 5.91 Å². The highest BCUT2D eigenvalue weighted by molar-refractivity contribution is 7.89. The molecule has 1 aliphatic heterocycles. The summed E-state index contributed by atoms with van der Waals surface area (Å²) in [4.78, 5) is 26.6. The number of carbonyl (C=O) groups is 2. The van der Waals surface area contributed by atoms with Crippen LogP contribution in [0.4, 0.5) is 5.69 Å². The molecule has 1 aromatic heterocycles. The Morgan fingerprint density at radius 3 is 2.15 bits per heavy atom. The van der Waals surface area contributed by atoms with Crippen molar-refractivity contribution in [2.24, 2.45) is 5.14 Å². The Bertz CT molecular complexity index is 1440. The zero-order valence-electron chi connectivity index (χ0n) is 17.4. The molecule has 4 rings (SSSR count). The van der Waals surface area contributed by atoms with Gasteiger partial charge >= 0.3 is 0 Å². The number of rotatable bonds is 7. The molecule has 0 saturated carbocycles. The molecular weight excluding hydrogens is 506 g/mol. The lowest BCUT2D eigenvalue weighted by molar-refractivity contribution is -0.122. The first kappa shape index (κ1) is 24.1. The van der Waals surface area contributed by atoms with E-state index in [-0.39, 0.29) is 27.8 Å². The van der Waals surface area contributed by atoms with Gasteiger partial charge in [-0.3, -0.25) is 9.59 Å². The molecular formula is C21H18ClN3O7S2. The van der Waals surface area contributed by atoms with Crippen LogP contribution < -0.4 is 10.0 Å². The van der Waals surface area contributed by atoms with Crippen molar-refractivity contribution >= 4 is 49.1 Å². The van der Waals surface area contributed by atoms with E-state index in [0.29, 0.717) is 5.02 Å². The Morgan fingerprint density at radius 1 is 0.971 bits per heavy atom. The van der Waals surface area contributed by atoms with Gasteiger partial charge in [-0.1, -0.05) is 11.6 Å². The summed E-state index contributed by atoms with van der Waals surface area (Å²) < 4.78 is 56.2. The second kappa shape index (κ2) is 8.96. The number of primary sulfonamides is 1. The van der Waals surface area contributed by atoms with Gasteiger partial charge in [0, 0.05) is 5.02 Å². The number of anilines is 1. The van der Waals surface area contributed by atoms with E-state index in [9.17, 15) is 26.4 Å². The van der Waals surface area contributed by atoms with E-state index in [1.165, 1.54) is 42.7 Å². The largest absolute Gasteiger partial charge is 0.468 e. The molecule has 3 aromatic rings. The summed E-state index contributed by atoms with van der Waals surface area (Å²) in [5.74, 6) is -1.15. The lowest BCUT2D eigenvalue weighted by Gasteiger charge is -2.26. The number of halogens is 1. The van der Waals surface area contributed by atoms with Gasteiger partial charge in [-0.15, -0.1) is 0 Å². The number of nitrogens with two attached hydrogens (primary N) is 1. The lowest BCUT2D eigenvalue weighted by atomic mass is 10.2. The van der Waals surface area contributed by atoms with Crippen LogP contribution >= 0.6 is 11.6 Å². The van der Waals surface area contributed by atoms with Gasteiger partial charge < -0.3 is 4.42 Å². The van der Waals surface area contributed by atoms with Crippen molar-refractivity contribution in [1.29, 1.82) is 0 Å². The Labute approximate surface area is 200 Å². The summed E-state index contributed by atoms with van der Waals surface area (Å²) in [7, 11) is -8.22. The third-order valence-corrected chi connectivity index (χ3v) is 8.26. The molecule has 0 spiro atoms. The molecule has 0 bridgehead atoms. The SMILES string of the molecule is NS(=O)(=O)c1ccc(N2C(=O)CC(N(Cc3ccco3)S(=O)(=O)c3ccc(Cl)cc3)C2=O)cc1. The van der Waals surface area contributed by atoms with Crippen LogP contribution in [-0.4, -0.2) is 39.0 Å². The maximum Gasteiger partial charge on any atom is 0.252 e. The normalized spacial score (nSPS) is 17.0. The summed E-state index contributed by atoms with van der Waals surface area (Å²) >= 11 is 5.88. The van der Waals surface area contributed by atoms with Gasteiger partial charge in [-0.05, 0) is 60.7 Å². The molecule has 2 heterocycles. The molecule has 0 aliphatic carbocycles. The van der Waals surface area contributed by atoms with Crippen LogP contribution in [0.2, 0.25) is 5.02 Å². The average Bonchev–Trinajstić information content (AvgIpc) is 3.39. The summed E-state index contributed by atoms with van der Waals surface area (Å²) in [5.41, 5.74) is 0.0896. The second-order valence-electron chi connectivity index (χ2n) is 7.41. The summed E-state index contributed by atoms with van der Waals surface area (Å²) in [6, 6.07) is 12.0. The standard InChI is InChI=1S/C21H18ClN3O7S2/c22-14-3-7-18(8-4-14)34(30,31)24(13-16-2-1-11-32-16)19-12-20(26)25(21(19)27)15-5-9-17(10-6-15)33(23,28)29/h1-11,19H,12-13H2,(H2,23,28,29). The van der Waals surface area contributed by atoms with E-state index in [4.69, 9.17) is 21.2 Å². The van der Waals surface area contributed by atoms with Gasteiger partial charge in [0.2, 0.25) is 26.0 Å². The molecule has 1 atom stereocenters. The van der Waals surface area contributed by atoms with Gasteiger partial charge in [0.15, 0.2) is 0 Å². The third-order valence-electron chi connectivity index (χ3n) is 5.21. The van der Waals surface area contributed by atoms with E-state index in [1.807, 2.05) is 0 Å². The Kier molecular flexibility index (Phi) is 6.36. The van der Waals surface area contributed by atoms with E-state index < -0.39 is 44.3 Å². The van der Waals surface area contributed by atoms with Crippen LogP contribution in [0.5, 0.6) is 0 Å². The van der Waals surface area contributed by atoms with E-state index in [1.54, 1.807) is 12.1 Å². The smallest absolute Gasteiger partial charge is 0.252 e. The molecule has 2 N–H and O–H groups in total. The van der Waals surface area contributed by atoms with Crippen molar-refractivity contribution in [2.75, 3.05) is 4.90 Å². The quantitative estimate of drug-likeness (QED) is 0.466. The molecule has 0 radical (unpaired) electrons. The fraction of sp³-hybridized carbons (Fsp3) is 0.143. The van der Waals surface area contributed by atoms with Crippen molar-refractivity contribution in [1.82, 2.24) is 4.31 Å².